The number of hydrogen-bond donors (Lipinski definition) is 0. The van der Waals surface area contributed by atoms with Crippen LogP contribution in [0.5, 0.6) is 0 Å². The van der Waals surface area contributed by atoms with E-state index in [2.05, 4.69) is 43.0 Å². The van der Waals surface area contributed by atoms with Crippen LogP contribution in [0.3, 0.4) is 0 Å². The summed E-state index contributed by atoms with van der Waals surface area (Å²) in [5.41, 5.74) is 3.50. The molecule has 0 radical (unpaired) electrons. The predicted molar refractivity (Wildman–Crippen MR) is 118 cm³/mol. The van der Waals surface area contributed by atoms with E-state index >= 15 is 0 Å². The van der Waals surface area contributed by atoms with Gasteiger partial charge in [0.15, 0.2) is 0 Å². The lowest BCUT2D eigenvalue weighted by Crippen LogP contribution is -2.47. The van der Waals surface area contributed by atoms with Gasteiger partial charge in [-0.2, -0.15) is 0 Å². The summed E-state index contributed by atoms with van der Waals surface area (Å²) in [5, 5.41) is 1.16. The van der Waals surface area contributed by atoms with Gasteiger partial charge in [-0.1, -0.05) is 67.4 Å². The molecule has 0 spiro atoms. The average Bonchev–Trinajstić information content (AvgIpc) is 2.70. The Balaban J connectivity index is 1.49. The van der Waals surface area contributed by atoms with Crippen LogP contribution in [0, 0.1) is 0 Å². The molecule has 0 atom stereocenters. The molecule has 5 heteroatoms. The Labute approximate surface area is 177 Å². The number of carbonyl (C=O) groups is 1. The molecule has 3 rings (SSSR count). The van der Waals surface area contributed by atoms with E-state index in [1.807, 2.05) is 29.2 Å². The third-order valence-electron chi connectivity index (χ3n) is 5.10. The first-order chi connectivity index (χ1) is 13.4. The van der Waals surface area contributed by atoms with Crippen LogP contribution in [0.25, 0.3) is 6.08 Å². The number of nitrogens with zero attached hydrogens (tertiary/aromatic N) is 2. The summed E-state index contributed by atoms with van der Waals surface area (Å²) in [5.74, 6) is 0.585. The molecule has 1 amide bonds. The van der Waals surface area contributed by atoms with E-state index in [9.17, 15) is 4.79 Å². The lowest BCUT2D eigenvalue weighted by molar-refractivity contribution is -0.127. The Kier molecular flexibility index (Phi) is 7.17. The maximum absolute atomic E-state index is 12.5. The molecular weight excluding hydrogens is 391 g/mol. The molecule has 1 heterocycles. The van der Waals surface area contributed by atoms with E-state index in [4.69, 9.17) is 23.2 Å². The minimum atomic E-state index is 0.0714. The minimum absolute atomic E-state index is 0.0714. The van der Waals surface area contributed by atoms with Crippen molar-refractivity contribution in [3.63, 3.8) is 0 Å². The molecule has 0 aromatic heterocycles. The van der Waals surface area contributed by atoms with Crippen molar-refractivity contribution in [1.29, 1.82) is 0 Å². The van der Waals surface area contributed by atoms with Crippen molar-refractivity contribution in [3.05, 3.63) is 75.3 Å². The molecule has 0 aliphatic carbocycles. The normalized spacial score (nSPS) is 15.5. The van der Waals surface area contributed by atoms with Gasteiger partial charge >= 0.3 is 0 Å². The first kappa shape index (κ1) is 20.9. The smallest absolute Gasteiger partial charge is 0.246 e. The van der Waals surface area contributed by atoms with E-state index in [1.165, 1.54) is 5.56 Å². The first-order valence-corrected chi connectivity index (χ1v) is 10.4. The molecule has 1 aliphatic rings. The lowest BCUT2D eigenvalue weighted by atomic mass is 10.0. The van der Waals surface area contributed by atoms with Crippen molar-refractivity contribution in [1.82, 2.24) is 9.80 Å². The number of benzene rings is 2. The van der Waals surface area contributed by atoms with E-state index in [-0.39, 0.29) is 5.91 Å². The highest BCUT2D eigenvalue weighted by molar-refractivity contribution is 6.42. The fourth-order valence-corrected chi connectivity index (χ4v) is 3.61. The monoisotopic (exact) mass is 416 g/mol. The van der Waals surface area contributed by atoms with Crippen LogP contribution in [-0.2, 0) is 11.3 Å². The van der Waals surface area contributed by atoms with Gasteiger partial charge in [0, 0.05) is 38.8 Å². The third kappa shape index (κ3) is 5.60. The highest BCUT2D eigenvalue weighted by atomic mass is 35.5. The van der Waals surface area contributed by atoms with Gasteiger partial charge in [0.25, 0.3) is 0 Å². The molecule has 0 N–H and O–H groups in total. The molecule has 1 saturated heterocycles. The van der Waals surface area contributed by atoms with Gasteiger partial charge in [-0.05, 0) is 40.8 Å². The minimum Gasteiger partial charge on any atom is -0.337 e. The largest absolute Gasteiger partial charge is 0.337 e. The fourth-order valence-electron chi connectivity index (χ4n) is 3.29. The second-order valence-corrected chi connectivity index (χ2v) is 8.32. The number of halogens is 2. The van der Waals surface area contributed by atoms with Crippen molar-refractivity contribution >= 4 is 35.2 Å². The van der Waals surface area contributed by atoms with E-state index in [0.29, 0.717) is 16.0 Å². The van der Waals surface area contributed by atoms with Crippen molar-refractivity contribution in [2.75, 3.05) is 26.2 Å². The zero-order valence-corrected chi connectivity index (χ0v) is 17.9. The molecule has 0 unspecified atom stereocenters. The summed E-state index contributed by atoms with van der Waals surface area (Å²) >= 11 is 12.1. The molecule has 0 bridgehead atoms. The molecule has 148 valence electrons. The predicted octanol–water partition coefficient (Wildman–Crippen LogP) is 5.47. The first-order valence-electron chi connectivity index (χ1n) is 9.65. The maximum Gasteiger partial charge on any atom is 0.246 e. The van der Waals surface area contributed by atoms with E-state index < -0.39 is 0 Å². The molecular formula is C23H26Cl2N2O. The standard InChI is InChI=1S/C23H26Cl2N2O/c1-17(2)20-7-3-18(4-8-20)6-10-23(28)27-13-11-26(12-14-27)16-19-5-9-21(24)22(25)15-19/h3-10,15,17H,11-14,16H2,1-2H3/b10-6+. The molecule has 1 fully saturated rings. The highest BCUT2D eigenvalue weighted by Gasteiger charge is 2.19. The quantitative estimate of drug-likeness (QED) is 0.602. The number of hydrogen-bond acceptors (Lipinski definition) is 2. The lowest BCUT2D eigenvalue weighted by Gasteiger charge is -2.34. The molecule has 3 nitrogen and oxygen atoms in total. The summed E-state index contributed by atoms with van der Waals surface area (Å²) in [4.78, 5) is 16.7. The van der Waals surface area contributed by atoms with Gasteiger partial charge in [0.05, 0.1) is 10.0 Å². The Morgan fingerprint density at radius 3 is 2.29 bits per heavy atom. The van der Waals surface area contributed by atoms with Crippen LogP contribution in [0.1, 0.15) is 36.5 Å². The van der Waals surface area contributed by atoms with Crippen LogP contribution in [0.2, 0.25) is 10.0 Å². The Morgan fingerprint density at radius 1 is 1.00 bits per heavy atom. The van der Waals surface area contributed by atoms with Crippen LogP contribution in [-0.4, -0.2) is 41.9 Å². The Bertz CT molecular complexity index is 838. The summed E-state index contributed by atoms with van der Waals surface area (Å²) in [6.45, 7) is 8.33. The van der Waals surface area contributed by atoms with Crippen LogP contribution >= 0.6 is 23.2 Å². The molecule has 28 heavy (non-hydrogen) atoms. The summed E-state index contributed by atoms with van der Waals surface area (Å²) in [6.07, 6.45) is 3.58. The van der Waals surface area contributed by atoms with Crippen LogP contribution in [0.15, 0.2) is 48.5 Å². The second kappa shape index (κ2) is 9.60. The topological polar surface area (TPSA) is 23.6 Å². The Hall–Kier alpha value is -1.81. The second-order valence-electron chi connectivity index (χ2n) is 7.50. The van der Waals surface area contributed by atoms with Crippen molar-refractivity contribution in [2.24, 2.45) is 0 Å². The number of piperazine rings is 1. The average molecular weight is 417 g/mol. The van der Waals surface area contributed by atoms with Crippen LogP contribution in [0.4, 0.5) is 0 Å². The molecule has 0 saturated carbocycles. The molecule has 2 aromatic carbocycles. The van der Waals surface area contributed by atoms with Gasteiger partial charge in [-0.3, -0.25) is 9.69 Å². The third-order valence-corrected chi connectivity index (χ3v) is 5.83. The SMILES string of the molecule is CC(C)c1ccc(/C=C/C(=O)N2CCN(Cc3ccc(Cl)c(Cl)c3)CC2)cc1. The summed E-state index contributed by atoms with van der Waals surface area (Å²) in [7, 11) is 0. The van der Waals surface area contributed by atoms with Crippen LogP contribution < -0.4 is 0 Å². The highest BCUT2D eigenvalue weighted by Crippen LogP contribution is 2.23. The number of amides is 1. The summed E-state index contributed by atoms with van der Waals surface area (Å²) < 4.78 is 0. The van der Waals surface area contributed by atoms with E-state index in [0.717, 1.165) is 43.9 Å². The summed E-state index contributed by atoms with van der Waals surface area (Å²) in [6, 6.07) is 14.1. The number of carbonyl (C=O) groups excluding carboxylic acids is 1. The van der Waals surface area contributed by atoms with Crippen molar-refractivity contribution in [2.45, 2.75) is 26.3 Å². The maximum atomic E-state index is 12.5. The van der Waals surface area contributed by atoms with Crippen molar-refractivity contribution < 1.29 is 4.79 Å². The molecule has 2 aromatic rings. The van der Waals surface area contributed by atoms with Gasteiger partial charge in [0.2, 0.25) is 5.91 Å². The zero-order valence-electron chi connectivity index (χ0n) is 16.4. The zero-order chi connectivity index (χ0) is 20.1. The van der Waals surface area contributed by atoms with E-state index in [1.54, 1.807) is 6.08 Å². The van der Waals surface area contributed by atoms with Crippen molar-refractivity contribution in [3.8, 4) is 0 Å². The van der Waals surface area contributed by atoms with Gasteiger partial charge in [0.1, 0.15) is 0 Å². The fraction of sp³-hybridized carbons (Fsp3) is 0.348. The Morgan fingerprint density at radius 2 is 1.68 bits per heavy atom. The van der Waals surface area contributed by atoms with Gasteiger partial charge in [-0.25, -0.2) is 0 Å². The van der Waals surface area contributed by atoms with Gasteiger partial charge in [-0.15, -0.1) is 0 Å². The number of rotatable bonds is 5. The van der Waals surface area contributed by atoms with Gasteiger partial charge < -0.3 is 4.90 Å². The molecule has 1 aliphatic heterocycles.